The van der Waals surface area contributed by atoms with Crippen LogP contribution in [0.4, 0.5) is 4.39 Å². The number of piperidine rings is 1. The average Bonchev–Trinajstić information content (AvgIpc) is 2.79. The first kappa shape index (κ1) is 21.5. The van der Waals surface area contributed by atoms with Gasteiger partial charge in [0, 0.05) is 13.1 Å². The Labute approximate surface area is 181 Å². The smallest absolute Gasteiger partial charge is 0.243 e. The average molecular weight is 441 g/mol. The fraction of sp³-hybridized carbons (Fsp3) is 0.292. The van der Waals surface area contributed by atoms with Crippen LogP contribution in [0, 0.1) is 11.7 Å². The van der Waals surface area contributed by atoms with Crippen LogP contribution in [0.3, 0.4) is 0 Å². The summed E-state index contributed by atoms with van der Waals surface area (Å²) < 4.78 is 41.0. The lowest BCUT2D eigenvalue weighted by molar-refractivity contribution is -0.126. The molecule has 0 aromatic heterocycles. The topological polar surface area (TPSA) is 66.5 Å². The van der Waals surface area contributed by atoms with Gasteiger partial charge in [-0.3, -0.25) is 4.79 Å². The molecule has 0 unspecified atom stereocenters. The fourth-order valence-corrected chi connectivity index (χ4v) is 5.58. The van der Waals surface area contributed by atoms with Gasteiger partial charge in [0.15, 0.2) is 0 Å². The van der Waals surface area contributed by atoms with Gasteiger partial charge in [-0.2, -0.15) is 4.31 Å². The van der Waals surface area contributed by atoms with Crippen LogP contribution < -0.4 is 5.32 Å². The van der Waals surface area contributed by atoms with Gasteiger partial charge >= 0.3 is 0 Å². The summed E-state index contributed by atoms with van der Waals surface area (Å²) in [6, 6.07) is 18.4. The molecule has 4 rings (SSSR count). The van der Waals surface area contributed by atoms with Gasteiger partial charge in [0.05, 0.1) is 16.9 Å². The van der Waals surface area contributed by atoms with E-state index in [0.29, 0.717) is 19.4 Å². The van der Waals surface area contributed by atoms with Crippen molar-refractivity contribution in [2.24, 2.45) is 5.92 Å². The van der Waals surface area contributed by atoms with Crippen LogP contribution in [0.15, 0.2) is 71.6 Å². The molecule has 5 nitrogen and oxygen atoms in total. The lowest BCUT2D eigenvalue weighted by Crippen LogP contribution is -2.45. The zero-order valence-electron chi connectivity index (χ0n) is 17.3. The summed E-state index contributed by atoms with van der Waals surface area (Å²) in [6.07, 6.45) is 1.25. The van der Waals surface area contributed by atoms with Crippen molar-refractivity contribution in [1.82, 2.24) is 9.62 Å². The number of benzene rings is 3. The van der Waals surface area contributed by atoms with Crippen LogP contribution in [0.1, 0.15) is 31.4 Å². The van der Waals surface area contributed by atoms with E-state index in [1.165, 1.54) is 16.4 Å². The predicted octanol–water partition coefficient (Wildman–Crippen LogP) is 4.26. The fourth-order valence-electron chi connectivity index (χ4n) is 4.02. The Hall–Kier alpha value is -2.77. The molecule has 162 valence electrons. The van der Waals surface area contributed by atoms with Crippen molar-refractivity contribution >= 4 is 26.7 Å². The maximum absolute atomic E-state index is 13.2. The van der Waals surface area contributed by atoms with Crippen molar-refractivity contribution in [3.8, 4) is 0 Å². The summed E-state index contributed by atoms with van der Waals surface area (Å²) in [5, 5.41) is 4.78. The molecule has 3 aromatic carbocycles. The Morgan fingerprint density at radius 2 is 1.77 bits per heavy atom. The van der Waals surface area contributed by atoms with Gasteiger partial charge in [0.1, 0.15) is 5.82 Å². The number of rotatable bonds is 5. The number of halogens is 1. The molecular formula is C24H25FN2O3S. The summed E-state index contributed by atoms with van der Waals surface area (Å²) >= 11 is 0. The first-order chi connectivity index (χ1) is 14.8. The molecule has 0 aliphatic carbocycles. The SMILES string of the molecule is C[C@H](NC(=O)[C@H]1CCCN(S(=O)(=O)c2ccc3ccccc3c2)C1)c1ccc(F)cc1. The van der Waals surface area contributed by atoms with Crippen LogP contribution >= 0.6 is 0 Å². The van der Waals surface area contributed by atoms with Gasteiger partial charge in [0.25, 0.3) is 0 Å². The summed E-state index contributed by atoms with van der Waals surface area (Å²) in [4.78, 5) is 13.1. The van der Waals surface area contributed by atoms with E-state index in [-0.39, 0.29) is 29.2 Å². The van der Waals surface area contributed by atoms with Crippen molar-refractivity contribution < 1.29 is 17.6 Å². The van der Waals surface area contributed by atoms with Gasteiger partial charge in [-0.25, -0.2) is 12.8 Å². The quantitative estimate of drug-likeness (QED) is 0.645. The minimum atomic E-state index is -3.69. The maximum atomic E-state index is 13.2. The van der Waals surface area contributed by atoms with Gasteiger partial charge in [-0.1, -0.05) is 42.5 Å². The number of amides is 1. The van der Waals surface area contributed by atoms with Crippen molar-refractivity contribution in [2.45, 2.75) is 30.7 Å². The summed E-state index contributed by atoms with van der Waals surface area (Å²) in [7, 11) is -3.69. The molecule has 0 bridgehead atoms. The third kappa shape index (κ3) is 4.62. The van der Waals surface area contributed by atoms with E-state index in [0.717, 1.165) is 16.3 Å². The second-order valence-electron chi connectivity index (χ2n) is 7.99. The number of nitrogens with one attached hydrogen (secondary N) is 1. The van der Waals surface area contributed by atoms with Gasteiger partial charge in [0.2, 0.25) is 15.9 Å². The summed E-state index contributed by atoms with van der Waals surface area (Å²) in [5.74, 6) is -0.939. The van der Waals surface area contributed by atoms with Gasteiger partial charge < -0.3 is 5.32 Å². The molecule has 0 saturated carbocycles. The van der Waals surface area contributed by atoms with Crippen molar-refractivity contribution in [1.29, 1.82) is 0 Å². The van der Waals surface area contributed by atoms with E-state index >= 15 is 0 Å². The van der Waals surface area contributed by atoms with Crippen LogP contribution in [0.2, 0.25) is 0 Å². The van der Waals surface area contributed by atoms with E-state index in [2.05, 4.69) is 5.32 Å². The molecule has 1 heterocycles. The van der Waals surface area contributed by atoms with Crippen LogP contribution in [0.25, 0.3) is 10.8 Å². The lowest BCUT2D eigenvalue weighted by atomic mass is 9.98. The standard InChI is InChI=1S/C24H25FN2O3S/c1-17(18-8-11-22(25)12-9-18)26-24(28)21-7-4-14-27(16-21)31(29,30)23-13-10-19-5-2-3-6-20(19)15-23/h2-3,5-6,8-13,15,17,21H,4,7,14,16H2,1H3,(H,26,28)/t17-,21-/m0/s1. The third-order valence-electron chi connectivity index (χ3n) is 5.84. The number of sulfonamides is 1. The number of hydrogen-bond acceptors (Lipinski definition) is 3. The Morgan fingerprint density at radius 3 is 2.52 bits per heavy atom. The van der Waals surface area contributed by atoms with Crippen LogP contribution in [-0.2, 0) is 14.8 Å². The van der Waals surface area contributed by atoms with E-state index in [9.17, 15) is 17.6 Å². The largest absolute Gasteiger partial charge is 0.349 e. The zero-order chi connectivity index (χ0) is 22.0. The minimum absolute atomic E-state index is 0.150. The minimum Gasteiger partial charge on any atom is -0.349 e. The molecule has 2 atom stereocenters. The lowest BCUT2D eigenvalue weighted by Gasteiger charge is -2.32. The molecule has 1 amide bonds. The molecule has 7 heteroatoms. The molecule has 1 fully saturated rings. The maximum Gasteiger partial charge on any atom is 0.243 e. The number of carbonyl (C=O) groups is 1. The highest BCUT2D eigenvalue weighted by Crippen LogP contribution is 2.27. The van der Waals surface area contributed by atoms with Crippen molar-refractivity contribution in [3.05, 3.63) is 78.1 Å². The highest BCUT2D eigenvalue weighted by Gasteiger charge is 2.33. The molecule has 1 N–H and O–H groups in total. The molecule has 1 aliphatic rings. The van der Waals surface area contributed by atoms with Crippen LogP contribution in [-0.4, -0.2) is 31.7 Å². The normalized spacial score (nSPS) is 18.6. The Kier molecular flexibility index (Phi) is 6.07. The first-order valence-corrected chi connectivity index (χ1v) is 11.8. The predicted molar refractivity (Wildman–Crippen MR) is 118 cm³/mol. The molecule has 0 radical (unpaired) electrons. The Balaban J connectivity index is 1.47. The van der Waals surface area contributed by atoms with E-state index < -0.39 is 15.9 Å². The molecule has 31 heavy (non-hydrogen) atoms. The first-order valence-electron chi connectivity index (χ1n) is 10.4. The third-order valence-corrected chi connectivity index (χ3v) is 7.70. The second-order valence-corrected chi connectivity index (χ2v) is 9.93. The Bertz CT molecular complexity index is 1190. The molecular weight excluding hydrogens is 415 g/mol. The van der Waals surface area contributed by atoms with E-state index in [1.807, 2.05) is 31.2 Å². The highest BCUT2D eigenvalue weighted by atomic mass is 32.2. The molecule has 3 aromatic rings. The second kappa shape index (κ2) is 8.77. The number of carbonyl (C=O) groups excluding carboxylic acids is 1. The number of hydrogen-bond donors (Lipinski definition) is 1. The van der Waals surface area contributed by atoms with Gasteiger partial charge in [-0.15, -0.1) is 0 Å². The summed E-state index contributed by atoms with van der Waals surface area (Å²) in [5.41, 5.74) is 0.797. The highest BCUT2D eigenvalue weighted by molar-refractivity contribution is 7.89. The van der Waals surface area contributed by atoms with Crippen molar-refractivity contribution in [3.63, 3.8) is 0 Å². The molecule has 1 aliphatic heterocycles. The number of fused-ring (bicyclic) bond motifs is 1. The zero-order valence-corrected chi connectivity index (χ0v) is 18.1. The van der Waals surface area contributed by atoms with E-state index in [1.54, 1.807) is 30.3 Å². The van der Waals surface area contributed by atoms with E-state index in [4.69, 9.17) is 0 Å². The molecule has 1 saturated heterocycles. The van der Waals surface area contributed by atoms with Gasteiger partial charge in [-0.05, 0) is 60.4 Å². The van der Waals surface area contributed by atoms with Crippen molar-refractivity contribution in [2.75, 3.05) is 13.1 Å². The Morgan fingerprint density at radius 1 is 1.06 bits per heavy atom. The van der Waals surface area contributed by atoms with Crippen LogP contribution in [0.5, 0.6) is 0 Å². The monoisotopic (exact) mass is 440 g/mol. The summed E-state index contributed by atoms with van der Waals surface area (Å²) in [6.45, 7) is 2.38. The molecule has 0 spiro atoms. The number of nitrogens with zero attached hydrogens (tertiary/aromatic N) is 1.